The van der Waals surface area contributed by atoms with Crippen LogP contribution in [-0.4, -0.2) is 0 Å². The monoisotopic (exact) mass is 478 g/mol. The molecule has 0 bridgehead atoms. The van der Waals surface area contributed by atoms with E-state index >= 15 is 0 Å². The Morgan fingerprint density at radius 3 is 1.79 bits per heavy atom. The van der Waals surface area contributed by atoms with Crippen LogP contribution in [0.1, 0.15) is 0 Å². The van der Waals surface area contributed by atoms with Crippen molar-refractivity contribution in [2.45, 2.75) is 0 Å². The Hall–Kier alpha value is -3.72. The molecule has 0 saturated heterocycles. The molecule has 0 fully saturated rings. The molecule has 2 aromatic heterocycles. The first kappa shape index (κ1) is 19.7. The van der Waals surface area contributed by atoms with Crippen LogP contribution in [0.5, 0.6) is 0 Å². The van der Waals surface area contributed by atoms with Crippen molar-refractivity contribution >= 4 is 67.1 Å². The Bertz CT molecular complexity index is 1870. The lowest BCUT2D eigenvalue weighted by molar-refractivity contribution is 0.668. The minimum Gasteiger partial charge on any atom is -0.456 e. The van der Waals surface area contributed by atoms with Crippen LogP contribution in [0.15, 0.2) is 106 Å². The molecule has 0 aliphatic heterocycles. The van der Waals surface area contributed by atoms with Gasteiger partial charge >= 0.3 is 0 Å². The van der Waals surface area contributed by atoms with E-state index in [1.54, 1.807) is 6.07 Å². The summed E-state index contributed by atoms with van der Waals surface area (Å²) in [5.41, 5.74) is 7.50. The first-order valence-electron chi connectivity index (χ1n) is 11.0. The van der Waals surface area contributed by atoms with Gasteiger partial charge < -0.3 is 8.83 Å². The van der Waals surface area contributed by atoms with E-state index in [1.165, 1.54) is 0 Å². The lowest BCUT2D eigenvalue weighted by atomic mass is 9.95. The van der Waals surface area contributed by atoms with Crippen molar-refractivity contribution in [3.63, 3.8) is 0 Å². The van der Waals surface area contributed by atoms with Crippen LogP contribution in [0, 0.1) is 0 Å². The molecule has 0 radical (unpaired) electrons. The molecule has 34 heavy (non-hydrogen) atoms. The average Bonchev–Trinajstić information content (AvgIpc) is 3.41. The molecule has 0 atom stereocenters. The number of halogens is 2. The second-order valence-corrected chi connectivity index (χ2v) is 9.34. The van der Waals surface area contributed by atoms with E-state index in [1.807, 2.05) is 54.6 Å². The molecule has 5 aromatic carbocycles. The van der Waals surface area contributed by atoms with E-state index in [4.69, 9.17) is 32.0 Å². The second-order valence-electron chi connectivity index (χ2n) is 8.47. The van der Waals surface area contributed by atoms with Gasteiger partial charge in [0.2, 0.25) is 0 Å². The summed E-state index contributed by atoms with van der Waals surface area (Å²) in [6.45, 7) is 0. The molecule has 2 heterocycles. The second kappa shape index (κ2) is 7.39. The van der Waals surface area contributed by atoms with Crippen LogP contribution < -0.4 is 0 Å². The van der Waals surface area contributed by atoms with Gasteiger partial charge in [-0.25, -0.2) is 0 Å². The SMILES string of the molecule is Clc1cc(Cl)cc(-c2cc(-c3ccc4oc5ccccc5c4c3)c3oc4ccccc4c3c2)c1. The lowest BCUT2D eigenvalue weighted by Crippen LogP contribution is -1.84. The largest absolute Gasteiger partial charge is 0.456 e. The highest BCUT2D eigenvalue weighted by atomic mass is 35.5. The zero-order chi connectivity index (χ0) is 22.8. The maximum Gasteiger partial charge on any atom is 0.143 e. The first-order valence-corrected chi connectivity index (χ1v) is 11.7. The number of hydrogen-bond donors (Lipinski definition) is 0. The fourth-order valence-electron chi connectivity index (χ4n) is 4.82. The van der Waals surface area contributed by atoms with Gasteiger partial charge in [-0.3, -0.25) is 0 Å². The van der Waals surface area contributed by atoms with E-state index in [-0.39, 0.29) is 0 Å². The number of rotatable bonds is 2. The highest BCUT2D eigenvalue weighted by molar-refractivity contribution is 6.35. The van der Waals surface area contributed by atoms with Crippen LogP contribution in [0.2, 0.25) is 10.0 Å². The molecule has 0 aliphatic rings. The Morgan fingerprint density at radius 2 is 1.03 bits per heavy atom. The Morgan fingerprint density at radius 1 is 0.441 bits per heavy atom. The molecule has 0 amide bonds. The predicted molar refractivity (Wildman–Crippen MR) is 142 cm³/mol. The molecule has 7 aromatic rings. The summed E-state index contributed by atoms with van der Waals surface area (Å²) in [7, 11) is 0. The number of benzene rings is 5. The topological polar surface area (TPSA) is 26.3 Å². The van der Waals surface area contributed by atoms with Gasteiger partial charge in [0.15, 0.2) is 0 Å². The van der Waals surface area contributed by atoms with Gasteiger partial charge in [-0.2, -0.15) is 0 Å². The zero-order valence-electron chi connectivity index (χ0n) is 17.8. The molecule has 162 valence electrons. The van der Waals surface area contributed by atoms with Gasteiger partial charge in [-0.1, -0.05) is 65.7 Å². The van der Waals surface area contributed by atoms with Gasteiger partial charge in [0.05, 0.1) is 0 Å². The number of para-hydroxylation sites is 2. The van der Waals surface area contributed by atoms with Gasteiger partial charge in [0.25, 0.3) is 0 Å². The molecule has 0 aliphatic carbocycles. The van der Waals surface area contributed by atoms with E-state index in [9.17, 15) is 0 Å². The lowest BCUT2D eigenvalue weighted by Gasteiger charge is -2.09. The van der Waals surface area contributed by atoms with Crippen molar-refractivity contribution in [1.29, 1.82) is 0 Å². The molecule has 2 nitrogen and oxygen atoms in total. The predicted octanol–water partition coefficient (Wildman–Crippen LogP) is 10.1. The summed E-state index contributed by atoms with van der Waals surface area (Å²) in [5, 5.41) is 5.51. The molecular formula is C30H16Cl2O2. The van der Waals surface area contributed by atoms with Gasteiger partial charge in [0, 0.05) is 37.2 Å². The van der Waals surface area contributed by atoms with E-state index in [0.717, 1.165) is 66.1 Å². The molecule has 0 unspecified atom stereocenters. The quantitative estimate of drug-likeness (QED) is 0.247. The van der Waals surface area contributed by atoms with Gasteiger partial charge in [-0.05, 0) is 71.3 Å². The summed E-state index contributed by atoms with van der Waals surface area (Å²) in [6, 6.07) is 32.4. The molecule has 0 spiro atoms. The Kier molecular flexibility index (Phi) is 4.29. The molecular weight excluding hydrogens is 463 g/mol. The third-order valence-electron chi connectivity index (χ3n) is 6.36. The van der Waals surface area contributed by atoms with Crippen LogP contribution in [0.4, 0.5) is 0 Å². The molecule has 7 rings (SSSR count). The third-order valence-corrected chi connectivity index (χ3v) is 6.80. The van der Waals surface area contributed by atoms with Crippen LogP contribution in [0.3, 0.4) is 0 Å². The van der Waals surface area contributed by atoms with Gasteiger partial charge in [-0.15, -0.1) is 0 Å². The number of furan rings is 2. The Labute approximate surface area is 204 Å². The van der Waals surface area contributed by atoms with Crippen molar-refractivity contribution in [3.8, 4) is 22.3 Å². The van der Waals surface area contributed by atoms with E-state index in [2.05, 4.69) is 36.4 Å². The third kappa shape index (κ3) is 3.03. The summed E-state index contributed by atoms with van der Waals surface area (Å²) in [4.78, 5) is 0. The van der Waals surface area contributed by atoms with Crippen molar-refractivity contribution < 1.29 is 8.83 Å². The van der Waals surface area contributed by atoms with Crippen molar-refractivity contribution in [1.82, 2.24) is 0 Å². The van der Waals surface area contributed by atoms with Crippen molar-refractivity contribution in [3.05, 3.63) is 107 Å². The van der Waals surface area contributed by atoms with E-state index in [0.29, 0.717) is 10.0 Å². The van der Waals surface area contributed by atoms with Gasteiger partial charge in [0.1, 0.15) is 22.3 Å². The normalized spacial score (nSPS) is 11.8. The van der Waals surface area contributed by atoms with Crippen LogP contribution >= 0.6 is 23.2 Å². The highest BCUT2D eigenvalue weighted by Gasteiger charge is 2.17. The summed E-state index contributed by atoms with van der Waals surface area (Å²) in [5.74, 6) is 0. The number of fused-ring (bicyclic) bond motifs is 6. The number of hydrogen-bond acceptors (Lipinski definition) is 2. The first-order chi connectivity index (χ1) is 16.6. The average molecular weight is 479 g/mol. The molecule has 0 N–H and O–H groups in total. The molecule has 4 heteroatoms. The zero-order valence-corrected chi connectivity index (χ0v) is 19.3. The summed E-state index contributed by atoms with van der Waals surface area (Å²) < 4.78 is 12.4. The van der Waals surface area contributed by atoms with Crippen molar-refractivity contribution in [2.75, 3.05) is 0 Å². The maximum absolute atomic E-state index is 6.38. The highest BCUT2D eigenvalue weighted by Crippen LogP contribution is 2.41. The van der Waals surface area contributed by atoms with Crippen LogP contribution in [0.25, 0.3) is 66.1 Å². The minimum atomic E-state index is 0.604. The van der Waals surface area contributed by atoms with Crippen LogP contribution in [-0.2, 0) is 0 Å². The molecule has 0 saturated carbocycles. The maximum atomic E-state index is 6.38. The Balaban J connectivity index is 1.57. The smallest absolute Gasteiger partial charge is 0.143 e. The van der Waals surface area contributed by atoms with E-state index < -0.39 is 0 Å². The van der Waals surface area contributed by atoms with Crippen molar-refractivity contribution in [2.24, 2.45) is 0 Å². The minimum absolute atomic E-state index is 0.604. The summed E-state index contributed by atoms with van der Waals surface area (Å²) in [6.07, 6.45) is 0. The fraction of sp³-hybridized carbons (Fsp3) is 0. The standard InChI is InChI=1S/C30H16Cl2O2/c31-20-11-18(12-21(32)16-20)19-14-24(30-26(15-19)23-6-2-4-8-28(23)34-30)17-9-10-29-25(13-17)22-5-1-3-7-27(22)33-29/h1-16H. The fourth-order valence-corrected chi connectivity index (χ4v) is 5.35. The summed E-state index contributed by atoms with van der Waals surface area (Å²) >= 11 is 12.7.